The van der Waals surface area contributed by atoms with Gasteiger partial charge in [-0.3, -0.25) is 4.31 Å². The van der Waals surface area contributed by atoms with E-state index in [1.54, 1.807) is 0 Å². The van der Waals surface area contributed by atoms with E-state index in [9.17, 15) is 0 Å². The molecule has 1 aliphatic heterocycles. The van der Waals surface area contributed by atoms with Crippen LogP contribution < -0.4 is 0 Å². The molecule has 0 spiro atoms. The lowest BCUT2D eigenvalue weighted by Gasteiger charge is -2.15. The highest BCUT2D eigenvalue weighted by Crippen LogP contribution is 2.70. The van der Waals surface area contributed by atoms with Crippen LogP contribution in [0.3, 0.4) is 0 Å². The minimum absolute atomic E-state index is 0.231. The first kappa shape index (κ1) is 7.42. The number of hydrogen-bond donors (Lipinski definition) is 0. The van der Waals surface area contributed by atoms with Crippen LogP contribution in [0.4, 0.5) is 0 Å². The third-order valence-electron chi connectivity index (χ3n) is 2.67. The van der Waals surface area contributed by atoms with Crippen molar-refractivity contribution < 1.29 is 0 Å². The van der Waals surface area contributed by atoms with E-state index in [1.807, 2.05) is 0 Å². The lowest BCUT2D eigenvalue weighted by molar-refractivity contribution is 0.674. The number of rotatable bonds is 2. The fourth-order valence-corrected chi connectivity index (χ4v) is 5.36. The number of nitrogens with zero attached hydrogens (tertiary/aromatic N) is 1. The van der Waals surface area contributed by atoms with Crippen LogP contribution in [-0.2, 0) is 0 Å². The molecule has 0 saturated carbocycles. The summed E-state index contributed by atoms with van der Waals surface area (Å²) in [5, 5.41) is 0.910. The zero-order valence-electron chi connectivity index (χ0n) is 6.85. The van der Waals surface area contributed by atoms with Crippen molar-refractivity contribution >= 4 is 10.2 Å². The van der Waals surface area contributed by atoms with Gasteiger partial charge >= 0.3 is 0 Å². The van der Waals surface area contributed by atoms with E-state index in [-0.39, 0.29) is 10.2 Å². The van der Waals surface area contributed by atoms with Crippen LogP contribution >= 0.6 is 10.2 Å². The van der Waals surface area contributed by atoms with Crippen LogP contribution in [-0.4, -0.2) is 28.2 Å². The Morgan fingerprint density at radius 2 is 1.67 bits per heavy atom. The van der Waals surface area contributed by atoms with Crippen molar-refractivity contribution in [2.24, 2.45) is 0 Å². The maximum atomic E-state index is 2.55. The predicted octanol–water partition coefficient (Wildman–Crippen LogP) is 2.04. The van der Waals surface area contributed by atoms with Gasteiger partial charge in [-0.1, -0.05) is 13.8 Å². The molecule has 2 unspecified atom stereocenters. The second-order valence-electron chi connectivity index (χ2n) is 2.62. The van der Waals surface area contributed by atoms with Gasteiger partial charge in [0.05, 0.1) is 5.37 Å². The number of hydrogen-bond acceptors (Lipinski definition) is 1. The van der Waals surface area contributed by atoms with E-state index in [1.165, 1.54) is 11.5 Å². The third-order valence-corrected chi connectivity index (χ3v) is 7.51. The van der Waals surface area contributed by atoms with Crippen molar-refractivity contribution in [3.05, 3.63) is 0 Å². The van der Waals surface area contributed by atoms with Crippen LogP contribution in [0, 0.1) is 0 Å². The molecule has 0 bridgehead atoms. The molecule has 1 saturated heterocycles. The van der Waals surface area contributed by atoms with Gasteiger partial charge in [0.1, 0.15) is 0 Å². The fraction of sp³-hybridized carbons (Fsp3) is 1.00. The van der Waals surface area contributed by atoms with Gasteiger partial charge in [-0.2, -0.15) is 10.2 Å². The van der Waals surface area contributed by atoms with Crippen LogP contribution in [0.15, 0.2) is 0 Å². The SMILES string of the molecule is CCS1(CC)C(C)N1C. The molecule has 1 nitrogen and oxygen atoms in total. The van der Waals surface area contributed by atoms with Crippen molar-refractivity contribution in [3.8, 4) is 0 Å². The molecule has 0 aromatic rings. The molecule has 56 valence electrons. The minimum atomic E-state index is -0.231. The summed E-state index contributed by atoms with van der Waals surface area (Å²) in [5.41, 5.74) is 0. The fourth-order valence-electron chi connectivity index (χ4n) is 1.67. The monoisotopic (exact) mass is 147 g/mol. The van der Waals surface area contributed by atoms with Gasteiger partial charge in [0.15, 0.2) is 0 Å². The van der Waals surface area contributed by atoms with E-state index < -0.39 is 0 Å². The Morgan fingerprint density at radius 3 is 1.67 bits per heavy atom. The summed E-state index contributed by atoms with van der Waals surface area (Å²) in [6.45, 7) is 6.99. The molecule has 0 aromatic heterocycles. The molecule has 9 heavy (non-hydrogen) atoms. The molecule has 2 heteroatoms. The maximum Gasteiger partial charge on any atom is 0.0570 e. The second kappa shape index (κ2) is 2.17. The summed E-state index contributed by atoms with van der Waals surface area (Å²) in [5.74, 6) is 2.78. The summed E-state index contributed by atoms with van der Waals surface area (Å²) in [7, 11) is 2.03. The molecule has 2 atom stereocenters. The van der Waals surface area contributed by atoms with Crippen molar-refractivity contribution in [3.63, 3.8) is 0 Å². The Balaban J connectivity index is 2.54. The average Bonchev–Trinajstić information content (AvgIpc) is 2.39. The van der Waals surface area contributed by atoms with E-state index in [0.717, 1.165) is 5.37 Å². The Kier molecular flexibility index (Phi) is 1.79. The van der Waals surface area contributed by atoms with Gasteiger partial charge in [0.25, 0.3) is 0 Å². The standard InChI is InChI=1S/C7H17NS/c1-5-9(6-2)7(3)8(9)4/h7H,5-6H2,1-4H3. The topological polar surface area (TPSA) is 3.01 Å². The van der Waals surface area contributed by atoms with Crippen molar-refractivity contribution in [1.29, 1.82) is 0 Å². The molecule has 1 heterocycles. The zero-order chi connectivity index (χ0) is 7.07. The largest absolute Gasteiger partial charge is 0.257 e. The van der Waals surface area contributed by atoms with Gasteiger partial charge < -0.3 is 0 Å². The van der Waals surface area contributed by atoms with Crippen molar-refractivity contribution in [2.45, 2.75) is 26.1 Å². The summed E-state index contributed by atoms with van der Waals surface area (Å²) in [6, 6.07) is 0. The first-order valence-corrected chi connectivity index (χ1v) is 5.68. The third kappa shape index (κ3) is 0.802. The Morgan fingerprint density at radius 1 is 1.33 bits per heavy atom. The molecule has 0 N–H and O–H groups in total. The first-order valence-electron chi connectivity index (χ1n) is 3.69. The van der Waals surface area contributed by atoms with Gasteiger partial charge in [0.2, 0.25) is 0 Å². The molecule has 1 rings (SSSR count). The molecular formula is C7H17NS. The van der Waals surface area contributed by atoms with Crippen molar-refractivity contribution in [2.75, 3.05) is 18.6 Å². The maximum absolute atomic E-state index is 2.55. The van der Waals surface area contributed by atoms with Crippen LogP contribution in [0.5, 0.6) is 0 Å². The Hall–Kier alpha value is 0.310. The highest BCUT2D eigenvalue weighted by Gasteiger charge is 2.49. The average molecular weight is 147 g/mol. The summed E-state index contributed by atoms with van der Waals surface area (Å²) in [6.07, 6.45) is 0. The molecule has 0 amide bonds. The van der Waals surface area contributed by atoms with Crippen LogP contribution in [0.1, 0.15) is 20.8 Å². The Bertz CT molecular complexity index is 99.5. The van der Waals surface area contributed by atoms with Crippen LogP contribution in [0.2, 0.25) is 0 Å². The van der Waals surface area contributed by atoms with Gasteiger partial charge in [-0.25, -0.2) is 0 Å². The van der Waals surface area contributed by atoms with Crippen molar-refractivity contribution in [1.82, 2.24) is 4.31 Å². The summed E-state index contributed by atoms with van der Waals surface area (Å²) in [4.78, 5) is 0. The molecule has 0 aliphatic carbocycles. The Labute approximate surface area is 59.9 Å². The van der Waals surface area contributed by atoms with Gasteiger partial charge in [-0.15, -0.1) is 0 Å². The summed E-state index contributed by atoms with van der Waals surface area (Å²) < 4.78 is 2.55. The first-order chi connectivity index (χ1) is 4.19. The highest BCUT2D eigenvalue weighted by atomic mass is 32.3. The molecule has 0 radical (unpaired) electrons. The minimum Gasteiger partial charge on any atom is -0.257 e. The zero-order valence-corrected chi connectivity index (χ0v) is 7.66. The van der Waals surface area contributed by atoms with E-state index in [0.29, 0.717) is 0 Å². The molecule has 1 fully saturated rings. The predicted molar refractivity (Wildman–Crippen MR) is 45.9 cm³/mol. The van der Waals surface area contributed by atoms with E-state index in [4.69, 9.17) is 0 Å². The molecule has 1 aliphatic rings. The smallest absolute Gasteiger partial charge is 0.0570 e. The van der Waals surface area contributed by atoms with Gasteiger partial charge in [-0.05, 0) is 25.5 Å². The molecule has 0 aromatic carbocycles. The van der Waals surface area contributed by atoms with E-state index >= 15 is 0 Å². The normalized spacial score (nSPS) is 42.2. The molecular weight excluding hydrogens is 130 g/mol. The quantitative estimate of drug-likeness (QED) is 0.540. The highest BCUT2D eigenvalue weighted by molar-refractivity contribution is 8.37. The summed E-state index contributed by atoms with van der Waals surface area (Å²) >= 11 is 0. The van der Waals surface area contributed by atoms with E-state index in [2.05, 4.69) is 32.1 Å². The van der Waals surface area contributed by atoms with Gasteiger partial charge in [0, 0.05) is 0 Å². The second-order valence-corrected chi connectivity index (χ2v) is 6.84. The van der Waals surface area contributed by atoms with Crippen LogP contribution in [0.25, 0.3) is 0 Å². The lowest BCUT2D eigenvalue weighted by atomic mass is 10.8. The lowest BCUT2D eigenvalue weighted by Crippen LogP contribution is -1.93.